The summed E-state index contributed by atoms with van der Waals surface area (Å²) < 4.78 is 5.57. The van der Waals surface area contributed by atoms with Crippen molar-refractivity contribution >= 4 is 17.5 Å². The highest BCUT2D eigenvalue weighted by atomic mass is 16.5. The summed E-state index contributed by atoms with van der Waals surface area (Å²) >= 11 is 0. The zero-order valence-electron chi connectivity index (χ0n) is 11.8. The van der Waals surface area contributed by atoms with Gasteiger partial charge in [-0.1, -0.05) is 13.8 Å². The number of carbonyl (C=O) groups excluding carboxylic acids is 2. The molecule has 0 saturated carbocycles. The summed E-state index contributed by atoms with van der Waals surface area (Å²) in [7, 11) is 0. The van der Waals surface area contributed by atoms with Crippen molar-refractivity contribution in [3.05, 3.63) is 24.3 Å². The Morgan fingerprint density at radius 3 is 2.65 bits per heavy atom. The van der Waals surface area contributed by atoms with E-state index in [1.54, 1.807) is 12.1 Å². The molecule has 1 aromatic rings. The van der Waals surface area contributed by atoms with Gasteiger partial charge in [0.15, 0.2) is 0 Å². The predicted molar refractivity (Wildman–Crippen MR) is 76.6 cm³/mol. The zero-order valence-corrected chi connectivity index (χ0v) is 11.8. The second-order valence-electron chi connectivity index (χ2n) is 5.38. The van der Waals surface area contributed by atoms with E-state index in [1.165, 1.54) is 0 Å². The van der Waals surface area contributed by atoms with Crippen molar-refractivity contribution < 1.29 is 14.3 Å². The van der Waals surface area contributed by atoms with E-state index >= 15 is 0 Å². The van der Waals surface area contributed by atoms with Crippen LogP contribution in [0.3, 0.4) is 0 Å². The first-order valence-electron chi connectivity index (χ1n) is 6.87. The lowest BCUT2D eigenvalue weighted by Crippen LogP contribution is -2.37. The third kappa shape index (κ3) is 3.98. The molecule has 2 amide bonds. The molecule has 0 aromatic heterocycles. The Balaban J connectivity index is 1.87. The van der Waals surface area contributed by atoms with Crippen LogP contribution in [0.15, 0.2) is 24.3 Å². The van der Waals surface area contributed by atoms with Crippen molar-refractivity contribution in [2.45, 2.75) is 32.7 Å². The molecule has 0 radical (unpaired) electrons. The van der Waals surface area contributed by atoms with E-state index in [9.17, 15) is 9.59 Å². The van der Waals surface area contributed by atoms with Gasteiger partial charge in [-0.3, -0.25) is 9.59 Å². The molecule has 0 spiro atoms. The molecule has 1 saturated heterocycles. The topological polar surface area (TPSA) is 67.4 Å². The normalized spacial score (nSPS) is 17.9. The van der Waals surface area contributed by atoms with Crippen LogP contribution in [0, 0.1) is 5.92 Å². The molecule has 20 heavy (non-hydrogen) atoms. The molecule has 1 aliphatic rings. The van der Waals surface area contributed by atoms with E-state index < -0.39 is 6.04 Å². The molecular weight excluding hydrogens is 256 g/mol. The summed E-state index contributed by atoms with van der Waals surface area (Å²) in [6.07, 6.45) is 0.973. The minimum absolute atomic E-state index is 0.0671. The van der Waals surface area contributed by atoms with Crippen molar-refractivity contribution in [3.8, 4) is 5.75 Å². The molecule has 1 fully saturated rings. The number of ether oxygens (including phenoxy) is 1. The van der Waals surface area contributed by atoms with Gasteiger partial charge in [0.05, 0.1) is 6.61 Å². The number of nitrogens with one attached hydrogen (secondary N) is 2. The Kier molecular flexibility index (Phi) is 4.61. The van der Waals surface area contributed by atoms with Gasteiger partial charge >= 0.3 is 0 Å². The highest BCUT2D eigenvalue weighted by Crippen LogP contribution is 2.17. The van der Waals surface area contributed by atoms with Crippen molar-refractivity contribution in [3.63, 3.8) is 0 Å². The van der Waals surface area contributed by atoms with Crippen LogP contribution >= 0.6 is 0 Å². The highest BCUT2D eigenvalue weighted by molar-refractivity contribution is 5.98. The summed E-state index contributed by atoms with van der Waals surface area (Å²) in [4.78, 5) is 23.0. The Morgan fingerprint density at radius 2 is 2.10 bits per heavy atom. The van der Waals surface area contributed by atoms with Gasteiger partial charge in [-0.25, -0.2) is 0 Å². The molecule has 1 aliphatic heterocycles. The maximum atomic E-state index is 11.9. The lowest BCUT2D eigenvalue weighted by molar-refractivity contribution is -0.122. The van der Waals surface area contributed by atoms with Crippen molar-refractivity contribution in [1.29, 1.82) is 0 Å². The number of benzene rings is 1. The highest BCUT2D eigenvalue weighted by Gasteiger charge is 2.26. The van der Waals surface area contributed by atoms with Gasteiger partial charge < -0.3 is 15.4 Å². The van der Waals surface area contributed by atoms with Crippen molar-refractivity contribution in [2.75, 3.05) is 11.9 Å². The van der Waals surface area contributed by atoms with Gasteiger partial charge in [0.2, 0.25) is 11.8 Å². The van der Waals surface area contributed by atoms with Crippen molar-refractivity contribution in [1.82, 2.24) is 5.32 Å². The second kappa shape index (κ2) is 6.41. The lowest BCUT2D eigenvalue weighted by atomic mass is 10.2. The molecule has 2 rings (SSSR count). The third-order valence-electron chi connectivity index (χ3n) is 3.02. The van der Waals surface area contributed by atoms with Gasteiger partial charge in [-0.2, -0.15) is 0 Å². The summed E-state index contributed by atoms with van der Waals surface area (Å²) in [6, 6.07) is 6.82. The molecule has 0 bridgehead atoms. The van der Waals surface area contributed by atoms with E-state index in [0.29, 0.717) is 31.1 Å². The Hall–Kier alpha value is -2.04. The molecule has 108 valence electrons. The van der Waals surface area contributed by atoms with Gasteiger partial charge in [0.25, 0.3) is 0 Å². The average molecular weight is 276 g/mol. The van der Waals surface area contributed by atoms with E-state index in [1.807, 2.05) is 12.1 Å². The van der Waals surface area contributed by atoms with E-state index in [-0.39, 0.29) is 11.8 Å². The molecule has 2 N–H and O–H groups in total. The van der Waals surface area contributed by atoms with Gasteiger partial charge in [-0.15, -0.1) is 0 Å². The monoisotopic (exact) mass is 276 g/mol. The first kappa shape index (κ1) is 14.4. The molecule has 1 heterocycles. The number of hydrogen-bond acceptors (Lipinski definition) is 3. The summed E-state index contributed by atoms with van der Waals surface area (Å²) in [5.74, 6) is 1.01. The predicted octanol–water partition coefficient (Wildman–Crippen LogP) is 1.94. The number of amides is 2. The zero-order chi connectivity index (χ0) is 14.5. The number of rotatable bonds is 5. The van der Waals surface area contributed by atoms with Gasteiger partial charge in [0.1, 0.15) is 11.8 Å². The van der Waals surface area contributed by atoms with Crippen LogP contribution in [0.2, 0.25) is 0 Å². The molecular formula is C15H20N2O3. The first-order valence-corrected chi connectivity index (χ1v) is 6.87. The Bertz CT molecular complexity index is 482. The summed E-state index contributed by atoms with van der Waals surface area (Å²) in [5.41, 5.74) is 0.702. The van der Waals surface area contributed by atoms with Crippen molar-refractivity contribution in [2.24, 2.45) is 5.92 Å². The van der Waals surface area contributed by atoms with E-state index in [0.717, 1.165) is 5.75 Å². The molecule has 1 aromatic carbocycles. The Labute approximate surface area is 118 Å². The fourth-order valence-corrected chi connectivity index (χ4v) is 1.94. The minimum Gasteiger partial charge on any atom is -0.493 e. The second-order valence-corrected chi connectivity index (χ2v) is 5.38. The van der Waals surface area contributed by atoms with Crippen LogP contribution in [-0.2, 0) is 9.59 Å². The SMILES string of the molecule is CC(C)COc1ccc(NC(=O)C2CCC(=O)N2)cc1. The summed E-state index contributed by atoms with van der Waals surface area (Å²) in [5, 5.41) is 5.43. The van der Waals surface area contributed by atoms with Crippen LogP contribution in [0.1, 0.15) is 26.7 Å². The molecule has 0 aliphatic carbocycles. The van der Waals surface area contributed by atoms with Crippen LogP contribution in [0.5, 0.6) is 5.75 Å². The molecule has 1 atom stereocenters. The maximum Gasteiger partial charge on any atom is 0.246 e. The lowest BCUT2D eigenvalue weighted by Gasteiger charge is -2.12. The molecule has 1 unspecified atom stereocenters. The van der Waals surface area contributed by atoms with E-state index in [4.69, 9.17) is 4.74 Å². The first-order chi connectivity index (χ1) is 9.54. The van der Waals surface area contributed by atoms with Crippen LogP contribution in [0.25, 0.3) is 0 Å². The quantitative estimate of drug-likeness (QED) is 0.863. The van der Waals surface area contributed by atoms with Crippen LogP contribution < -0.4 is 15.4 Å². The van der Waals surface area contributed by atoms with Crippen LogP contribution in [-0.4, -0.2) is 24.5 Å². The third-order valence-corrected chi connectivity index (χ3v) is 3.02. The van der Waals surface area contributed by atoms with Crippen LogP contribution in [0.4, 0.5) is 5.69 Å². The maximum absolute atomic E-state index is 11.9. The Morgan fingerprint density at radius 1 is 1.40 bits per heavy atom. The smallest absolute Gasteiger partial charge is 0.246 e. The fourth-order valence-electron chi connectivity index (χ4n) is 1.94. The van der Waals surface area contributed by atoms with Gasteiger partial charge in [-0.05, 0) is 36.6 Å². The number of anilines is 1. The fraction of sp³-hybridized carbons (Fsp3) is 0.467. The number of hydrogen-bond donors (Lipinski definition) is 2. The minimum atomic E-state index is -0.417. The average Bonchev–Trinajstić information content (AvgIpc) is 2.85. The largest absolute Gasteiger partial charge is 0.493 e. The summed E-state index contributed by atoms with van der Waals surface area (Å²) in [6.45, 7) is 4.84. The van der Waals surface area contributed by atoms with Gasteiger partial charge in [0, 0.05) is 12.1 Å². The van der Waals surface area contributed by atoms with E-state index in [2.05, 4.69) is 24.5 Å². The standard InChI is InChI=1S/C15H20N2O3/c1-10(2)9-20-12-5-3-11(4-6-12)16-15(19)13-7-8-14(18)17-13/h3-6,10,13H,7-9H2,1-2H3,(H,16,19)(H,17,18). The number of carbonyl (C=O) groups is 2. The molecule has 5 nitrogen and oxygen atoms in total. The molecule has 5 heteroatoms.